The van der Waals surface area contributed by atoms with Gasteiger partial charge in [0.25, 0.3) is 0 Å². The summed E-state index contributed by atoms with van der Waals surface area (Å²) < 4.78 is 10.3. The lowest BCUT2D eigenvalue weighted by molar-refractivity contribution is 0.0828. The lowest BCUT2D eigenvalue weighted by atomic mass is 10.2. The van der Waals surface area contributed by atoms with Gasteiger partial charge in [0, 0.05) is 20.1 Å². The number of ether oxygens (including phenoxy) is 1. The summed E-state index contributed by atoms with van der Waals surface area (Å²) in [5, 5.41) is 9.89. The molecule has 0 spiro atoms. The highest BCUT2D eigenvalue weighted by Crippen LogP contribution is 2.10. The molecule has 82 valence electrons. The van der Waals surface area contributed by atoms with Crippen LogP contribution in [0.5, 0.6) is 0 Å². The molecular formula is C9H13N3O3. The molecule has 1 amide bonds. The van der Waals surface area contributed by atoms with Gasteiger partial charge < -0.3 is 14.5 Å². The maximum atomic E-state index is 11.5. The highest BCUT2D eigenvalue weighted by molar-refractivity contribution is 5.89. The number of carbonyl (C=O) groups is 1. The van der Waals surface area contributed by atoms with E-state index in [9.17, 15) is 4.79 Å². The first-order chi connectivity index (χ1) is 7.25. The summed E-state index contributed by atoms with van der Waals surface area (Å²) in [7, 11) is 0. The fourth-order valence-electron chi connectivity index (χ4n) is 1.48. The Balaban J connectivity index is 1.81. The van der Waals surface area contributed by atoms with E-state index in [1.807, 2.05) is 0 Å². The van der Waals surface area contributed by atoms with Gasteiger partial charge in [0.1, 0.15) is 0 Å². The van der Waals surface area contributed by atoms with Gasteiger partial charge in [-0.05, 0) is 12.8 Å². The van der Waals surface area contributed by atoms with Crippen molar-refractivity contribution in [3.8, 4) is 0 Å². The monoisotopic (exact) mass is 211 g/mol. The summed E-state index contributed by atoms with van der Waals surface area (Å²) in [5.41, 5.74) is 0. The summed E-state index contributed by atoms with van der Waals surface area (Å²) in [6.07, 6.45) is 2.17. The highest BCUT2D eigenvalue weighted by atomic mass is 16.5. The quantitative estimate of drug-likeness (QED) is 0.777. The fraction of sp³-hybridized carbons (Fsp3) is 0.667. The molecule has 0 aliphatic carbocycles. The maximum Gasteiger partial charge on any atom is 0.308 e. The number of aromatic nitrogens is 2. The minimum Gasteiger partial charge on any atom is -0.417 e. The SMILES string of the molecule is Cc1nnc(C(=O)NCC2CCCO2)o1. The Kier molecular flexibility index (Phi) is 2.96. The van der Waals surface area contributed by atoms with Crippen LogP contribution in [-0.2, 0) is 4.74 Å². The molecule has 1 aliphatic heterocycles. The first kappa shape index (κ1) is 10.1. The summed E-state index contributed by atoms with van der Waals surface area (Å²) in [6.45, 7) is 2.92. The van der Waals surface area contributed by atoms with Gasteiger partial charge in [0.2, 0.25) is 5.89 Å². The number of nitrogens with one attached hydrogen (secondary N) is 1. The van der Waals surface area contributed by atoms with Crippen LogP contribution in [0, 0.1) is 6.92 Å². The third-order valence-corrected chi connectivity index (χ3v) is 2.23. The van der Waals surface area contributed by atoms with Crippen LogP contribution in [0.3, 0.4) is 0 Å². The molecule has 6 heteroatoms. The Bertz CT molecular complexity index is 344. The number of rotatable bonds is 3. The zero-order chi connectivity index (χ0) is 10.7. The van der Waals surface area contributed by atoms with Crippen LogP contribution < -0.4 is 5.32 Å². The summed E-state index contributed by atoms with van der Waals surface area (Å²) in [6, 6.07) is 0. The van der Waals surface area contributed by atoms with Crippen LogP contribution in [0.1, 0.15) is 29.4 Å². The largest absolute Gasteiger partial charge is 0.417 e. The van der Waals surface area contributed by atoms with Gasteiger partial charge in [-0.3, -0.25) is 4.79 Å². The van der Waals surface area contributed by atoms with E-state index in [-0.39, 0.29) is 17.9 Å². The normalized spacial score (nSPS) is 20.5. The van der Waals surface area contributed by atoms with Crippen LogP contribution in [0.4, 0.5) is 0 Å². The average Bonchev–Trinajstić information content (AvgIpc) is 2.84. The Labute approximate surface area is 87.0 Å². The molecule has 15 heavy (non-hydrogen) atoms. The average molecular weight is 211 g/mol. The molecule has 0 bridgehead atoms. The van der Waals surface area contributed by atoms with Gasteiger partial charge in [-0.15, -0.1) is 10.2 Å². The number of hydrogen-bond acceptors (Lipinski definition) is 5. The summed E-state index contributed by atoms with van der Waals surface area (Å²) in [5.74, 6) is 0.0499. The van der Waals surface area contributed by atoms with Crippen molar-refractivity contribution < 1.29 is 13.9 Å². The molecule has 0 radical (unpaired) electrons. The molecule has 1 N–H and O–H groups in total. The fourth-order valence-corrected chi connectivity index (χ4v) is 1.48. The predicted molar refractivity (Wildman–Crippen MR) is 50.3 cm³/mol. The van der Waals surface area contributed by atoms with Crippen LogP contribution >= 0.6 is 0 Å². The second-order valence-corrected chi connectivity index (χ2v) is 3.47. The van der Waals surface area contributed by atoms with Crippen LogP contribution in [0.2, 0.25) is 0 Å². The van der Waals surface area contributed by atoms with Crippen molar-refractivity contribution >= 4 is 5.91 Å². The number of nitrogens with zero attached hydrogens (tertiary/aromatic N) is 2. The lowest BCUT2D eigenvalue weighted by Crippen LogP contribution is -2.31. The maximum absolute atomic E-state index is 11.5. The molecule has 1 saturated heterocycles. The van der Waals surface area contributed by atoms with Crippen molar-refractivity contribution in [3.63, 3.8) is 0 Å². The van der Waals surface area contributed by atoms with Crippen molar-refractivity contribution in [1.82, 2.24) is 15.5 Å². The molecule has 0 aromatic carbocycles. The molecule has 6 nitrogen and oxygen atoms in total. The Morgan fingerprint density at radius 3 is 3.07 bits per heavy atom. The van der Waals surface area contributed by atoms with Gasteiger partial charge in [0.05, 0.1) is 6.10 Å². The van der Waals surface area contributed by atoms with E-state index in [0.717, 1.165) is 19.4 Å². The first-order valence-corrected chi connectivity index (χ1v) is 4.95. The van der Waals surface area contributed by atoms with Crippen molar-refractivity contribution in [1.29, 1.82) is 0 Å². The van der Waals surface area contributed by atoms with E-state index in [0.29, 0.717) is 12.4 Å². The molecule has 0 saturated carbocycles. The van der Waals surface area contributed by atoms with Crippen LogP contribution in [0.25, 0.3) is 0 Å². The predicted octanol–water partition coefficient (Wildman–Crippen LogP) is 0.287. The van der Waals surface area contributed by atoms with Crippen LogP contribution in [-0.4, -0.2) is 35.4 Å². The Morgan fingerprint density at radius 1 is 1.60 bits per heavy atom. The molecule has 1 unspecified atom stereocenters. The van der Waals surface area contributed by atoms with E-state index in [1.54, 1.807) is 6.92 Å². The van der Waals surface area contributed by atoms with Crippen molar-refractivity contribution in [2.24, 2.45) is 0 Å². The minimum atomic E-state index is -0.342. The standard InChI is InChI=1S/C9H13N3O3/c1-6-11-12-9(15-6)8(13)10-5-7-3-2-4-14-7/h7H,2-5H2,1H3,(H,10,13). The van der Waals surface area contributed by atoms with Gasteiger partial charge in [0.15, 0.2) is 0 Å². The number of carbonyl (C=O) groups excluding carboxylic acids is 1. The molecule has 1 atom stereocenters. The van der Waals surface area contributed by atoms with E-state index in [4.69, 9.17) is 9.15 Å². The molecule has 1 aromatic rings. The molecule has 1 aromatic heterocycles. The van der Waals surface area contributed by atoms with Gasteiger partial charge >= 0.3 is 11.8 Å². The van der Waals surface area contributed by atoms with Crippen molar-refractivity contribution in [3.05, 3.63) is 11.8 Å². The van der Waals surface area contributed by atoms with E-state index in [2.05, 4.69) is 15.5 Å². The Hall–Kier alpha value is -1.43. The lowest BCUT2D eigenvalue weighted by Gasteiger charge is -2.08. The van der Waals surface area contributed by atoms with Gasteiger partial charge in [-0.2, -0.15) is 0 Å². The van der Waals surface area contributed by atoms with Crippen molar-refractivity contribution in [2.75, 3.05) is 13.2 Å². The zero-order valence-electron chi connectivity index (χ0n) is 8.52. The second-order valence-electron chi connectivity index (χ2n) is 3.47. The molecule has 1 fully saturated rings. The second kappa shape index (κ2) is 4.39. The molecule has 2 rings (SSSR count). The molecule has 2 heterocycles. The highest BCUT2D eigenvalue weighted by Gasteiger charge is 2.18. The number of amides is 1. The Morgan fingerprint density at radius 2 is 2.47 bits per heavy atom. The summed E-state index contributed by atoms with van der Waals surface area (Å²) in [4.78, 5) is 11.5. The van der Waals surface area contributed by atoms with Crippen LogP contribution in [0.15, 0.2) is 4.42 Å². The first-order valence-electron chi connectivity index (χ1n) is 4.95. The third-order valence-electron chi connectivity index (χ3n) is 2.23. The van der Waals surface area contributed by atoms with E-state index >= 15 is 0 Å². The minimum absolute atomic E-state index is 0.00509. The topological polar surface area (TPSA) is 77.2 Å². The van der Waals surface area contributed by atoms with Gasteiger partial charge in [-0.1, -0.05) is 0 Å². The van der Waals surface area contributed by atoms with E-state index in [1.165, 1.54) is 0 Å². The number of hydrogen-bond donors (Lipinski definition) is 1. The number of aryl methyl sites for hydroxylation is 1. The third kappa shape index (κ3) is 2.53. The van der Waals surface area contributed by atoms with E-state index < -0.39 is 0 Å². The van der Waals surface area contributed by atoms with Gasteiger partial charge in [-0.25, -0.2) is 0 Å². The molecular weight excluding hydrogens is 198 g/mol. The van der Waals surface area contributed by atoms with Crippen molar-refractivity contribution in [2.45, 2.75) is 25.9 Å². The summed E-state index contributed by atoms with van der Waals surface area (Å²) >= 11 is 0. The molecule has 1 aliphatic rings. The smallest absolute Gasteiger partial charge is 0.308 e. The zero-order valence-corrected chi connectivity index (χ0v) is 8.52.